The summed E-state index contributed by atoms with van der Waals surface area (Å²) in [6.45, 7) is 0. The Morgan fingerprint density at radius 3 is 2.23 bits per heavy atom. The monoisotopic (exact) mass is 480 g/mol. The molecule has 10 heteroatoms. The van der Waals surface area contributed by atoms with Crippen molar-refractivity contribution in [2.45, 2.75) is 12.2 Å². The second-order valence-electron chi connectivity index (χ2n) is 7.09. The molecule has 0 saturated heterocycles. The highest BCUT2D eigenvalue weighted by Gasteiger charge is 2.29. The van der Waals surface area contributed by atoms with Crippen LogP contribution in [0.1, 0.15) is 22.0 Å². The maximum Gasteiger partial charge on any atom is 0.414 e. The van der Waals surface area contributed by atoms with Crippen molar-refractivity contribution in [2.75, 3.05) is 0 Å². The summed E-state index contributed by atoms with van der Waals surface area (Å²) in [6, 6.07) is 19.5. The molecule has 0 aromatic heterocycles. The fourth-order valence-electron chi connectivity index (χ4n) is 3.00. The quantitative estimate of drug-likeness (QED) is 0.220. The van der Waals surface area contributed by atoms with Gasteiger partial charge in [-0.2, -0.15) is 0 Å². The van der Waals surface area contributed by atoms with Gasteiger partial charge in [0.1, 0.15) is 5.75 Å². The third kappa shape index (κ3) is 7.14. The molecule has 0 aliphatic carbocycles. The second-order valence-corrected chi connectivity index (χ2v) is 7.09. The van der Waals surface area contributed by atoms with Crippen molar-refractivity contribution in [2.24, 2.45) is 0 Å². The van der Waals surface area contributed by atoms with Gasteiger partial charge >= 0.3 is 6.09 Å². The van der Waals surface area contributed by atoms with Gasteiger partial charge in [-0.25, -0.2) is 14.7 Å². The van der Waals surface area contributed by atoms with E-state index in [1.807, 2.05) is 0 Å². The second kappa shape index (κ2) is 12.0. The van der Waals surface area contributed by atoms with Gasteiger partial charge in [0, 0.05) is 11.6 Å². The van der Waals surface area contributed by atoms with E-state index in [0.29, 0.717) is 5.75 Å². The molecule has 9 nitrogen and oxygen atoms in total. The SMILES string of the molecule is O=C(/C=C/[C@@H](Oc1ccccc1)[C@H](OC(=O)NC(=O)c1ccccc1)c1ccc(O)c(F)c1)NO. The Hall–Kier alpha value is -4.70. The number of carbonyl (C=O) groups is 3. The molecule has 4 N–H and O–H groups in total. The Bertz CT molecular complexity index is 1200. The molecule has 0 saturated carbocycles. The van der Waals surface area contributed by atoms with Gasteiger partial charge in [0.2, 0.25) is 0 Å². The van der Waals surface area contributed by atoms with Crippen LogP contribution in [-0.4, -0.2) is 34.3 Å². The zero-order valence-electron chi connectivity index (χ0n) is 18.1. The van der Waals surface area contributed by atoms with Crippen LogP contribution in [0.3, 0.4) is 0 Å². The average molecular weight is 480 g/mol. The molecule has 0 bridgehead atoms. The number of benzene rings is 3. The van der Waals surface area contributed by atoms with Crippen LogP contribution in [0, 0.1) is 5.82 Å². The topological polar surface area (TPSA) is 134 Å². The molecule has 35 heavy (non-hydrogen) atoms. The molecule has 0 heterocycles. The minimum absolute atomic E-state index is 0.0533. The summed E-state index contributed by atoms with van der Waals surface area (Å²) < 4.78 is 25.4. The molecular formula is C25H21FN2O7. The van der Waals surface area contributed by atoms with E-state index in [9.17, 15) is 23.9 Å². The van der Waals surface area contributed by atoms with E-state index in [-0.39, 0.29) is 11.1 Å². The molecule has 2 atom stereocenters. The van der Waals surface area contributed by atoms with Crippen molar-refractivity contribution in [1.82, 2.24) is 10.8 Å². The van der Waals surface area contributed by atoms with Gasteiger partial charge in [-0.3, -0.25) is 20.1 Å². The lowest BCUT2D eigenvalue weighted by molar-refractivity contribution is -0.124. The van der Waals surface area contributed by atoms with Crippen LogP contribution in [0.2, 0.25) is 0 Å². The number of carbonyl (C=O) groups excluding carboxylic acids is 3. The fourth-order valence-corrected chi connectivity index (χ4v) is 3.00. The number of hydroxylamine groups is 1. The first-order valence-corrected chi connectivity index (χ1v) is 10.3. The van der Waals surface area contributed by atoms with E-state index >= 15 is 0 Å². The predicted octanol–water partition coefficient (Wildman–Crippen LogP) is 3.65. The molecule has 0 aliphatic heterocycles. The van der Waals surface area contributed by atoms with Crippen LogP contribution in [-0.2, 0) is 9.53 Å². The minimum atomic E-state index is -1.39. The summed E-state index contributed by atoms with van der Waals surface area (Å²) in [5.74, 6) is -2.94. The molecule has 0 unspecified atom stereocenters. The fraction of sp³-hybridized carbons (Fsp3) is 0.0800. The van der Waals surface area contributed by atoms with Gasteiger partial charge in [0.05, 0.1) is 0 Å². The van der Waals surface area contributed by atoms with Gasteiger partial charge in [0.25, 0.3) is 11.8 Å². The highest BCUT2D eigenvalue weighted by atomic mass is 19.1. The molecule has 3 rings (SSSR count). The number of aromatic hydroxyl groups is 1. The molecule has 0 radical (unpaired) electrons. The van der Waals surface area contributed by atoms with E-state index in [1.165, 1.54) is 29.8 Å². The predicted molar refractivity (Wildman–Crippen MR) is 121 cm³/mol. The standard InChI is InChI=1S/C25H21FN2O7/c26-19-15-17(11-12-20(19)29)23(35-25(32)27-24(31)16-7-3-1-4-8-16)21(13-14-22(30)28-33)34-18-9-5-2-6-10-18/h1-15,21,23,29,33H,(H,28,30)(H,27,31,32)/b14-13+/t21-,23-/m1/s1. The summed E-state index contributed by atoms with van der Waals surface area (Å²) >= 11 is 0. The van der Waals surface area contributed by atoms with Crippen LogP contribution >= 0.6 is 0 Å². The van der Waals surface area contributed by atoms with E-state index in [0.717, 1.165) is 18.2 Å². The normalized spacial score (nSPS) is 12.4. The van der Waals surface area contributed by atoms with Crippen molar-refractivity contribution < 1.29 is 38.6 Å². The van der Waals surface area contributed by atoms with Crippen LogP contribution in [0.4, 0.5) is 9.18 Å². The molecule has 0 fully saturated rings. The van der Waals surface area contributed by atoms with Gasteiger partial charge < -0.3 is 14.6 Å². The number of nitrogens with one attached hydrogen (secondary N) is 2. The summed E-state index contributed by atoms with van der Waals surface area (Å²) in [5.41, 5.74) is 1.68. The molecule has 3 aromatic rings. The number of amides is 3. The van der Waals surface area contributed by atoms with Crippen molar-refractivity contribution in [3.8, 4) is 11.5 Å². The lowest BCUT2D eigenvalue weighted by Gasteiger charge is -2.26. The van der Waals surface area contributed by atoms with Gasteiger partial charge in [0.15, 0.2) is 23.8 Å². The largest absolute Gasteiger partial charge is 0.505 e. The van der Waals surface area contributed by atoms with Gasteiger partial charge in [-0.1, -0.05) is 42.5 Å². The number of rotatable bonds is 8. The smallest absolute Gasteiger partial charge is 0.414 e. The summed E-state index contributed by atoms with van der Waals surface area (Å²) in [6.07, 6.45) is -1.68. The van der Waals surface area contributed by atoms with E-state index in [4.69, 9.17) is 14.7 Å². The summed E-state index contributed by atoms with van der Waals surface area (Å²) in [4.78, 5) is 36.6. The van der Waals surface area contributed by atoms with E-state index < -0.39 is 41.7 Å². The molecule has 3 amide bonds. The lowest BCUT2D eigenvalue weighted by atomic mass is 10.0. The number of ether oxygens (including phenoxy) is 2. The first-order valence-electron chi connectivity index (χ1n) is 10.3. The highest BCUT2D eigenvalue weighted by Crippen LogP contribution is 2.29. The maximum absolute atomic E-state index is 14.2. The molecule has 0 spiro atoms. The van der Waals surface area contributed by atoms with Gasteiger partial charge in [-0.15, -0.1) is 0 Å². The number of hydrogen-bond acceptors (Lipinski definition) is 7. The maximum atomic E-state index is 14.2. The number of phenolic OH excluding ortho intramolecular Hbond substituents is 1. The summed E-state index contributed by atoms with van der Waals surface area (Å²) in [5, 5.41) is 20.5. The highest BCUT2D eigenvalue weighted by molar-refractivity contribution is 6.02. The number of imide groups is 1. The first-order chi connectivity index (χ1) is 16.9. The molecular weight excluding hydrogens is 459 g/mol. The van der Waals surface area contributed by atoms with Crippen molar-refractivity contribution in [3.05, 3.63) is 108 Å². The zero-order chi connectivity index (χ0) is 25.2. The number of para-hydroxylation sites is 1. The molecule has 180 valence electrons. The zero-order valence-corrected chi connectivity index (χ0v) is 18.1. The van der Waals surface area contributed by atoms with Crippen molar-refractivity contribution in [3.63, 3.8) is 0 Å². The lowest BCUT2D eigenvalue weighted by Crippen LogP contribution is -2.36. The number of alkyl carbamates (subject to hydrolysis) is 1. The Labute approximate surface area is 199 Å². The van der Waals surface area contributed by atoms with Crippen LogP contribution in [0.5, 0.6) is 11.5 Å². The number of hydrogen-bond donors (Lipinski definition) is 4. The first kappa shape index (κ1) is 24.9. The van der Waals surface area contributed by atoms with Crippen molar-refractivity contribution >= 4 is 17.9 Å². The molecule has 0 aliphatic rings. The van der Waals surface area contributed by atoms with Crippen LogP contribution < -0.4 is 15.5 Å². The third-order valence-corrected chi connectivity index (χ3v) is 4.65. The Morgan fingerprint density at radius 1 is 0.943 bits per heavy atom. The average Bonchev–Trinajstić information content (AvgIpc) is 2.87. The van der Waals surface area contributed by atoms with Crippen molar-refractivity contribution in [1.29, 1.82) is 0 Å². The van der Waals surface area contributed by atoms with E-state index in [2.05, 4.69) is 5.32 Å². The van der Waals surface area contributed by atoms with Crippen LogP contribution in [0.15, 0.2) is 91.0 Å². The number of phenols is 1. The van der Waals surface area contributed by atoms with E-state index in [1.54, 1.807) is 48.5 Å². The Morgan fingerprint density at radius 2 is 1.60 bits per heavy atom. The number of halogens is 1. The third-order valence-electron chi connectivity index (χ3n) is 4.65. The minimum Gasteiger partial charge on any atom is -0.505 e. The Kier molecular flexibility index (Phi) is 8.52. The van der Waals surface area contributed by atoms with Gasteiger partial charge in [-0.05, 0) is 48.0 Å². The van der Waals surface area contributed by atoms with Crippen LogP contribution in [0.25, 0.3) is 0 Å². The summed E-state index contributed by atoms with van der Waals surface area (Å²) in [7, 11) is 0. The Balaban J connectivity index is 1.94. The molecule has 3 aromatic carbocycles.